The van der Waals surface area contributed by atoms with E-state index in [0.717, 1.165) is 6.07 Å². The van der Waals surface area contributed by atoms with Gasteiger partial charge in [0.25, 0.3) is 0 Å². The van der Waals surface area contributed by atoms with E-state index in [-0.39, 0.29) is 23.7 Å². The highest BCUT2D eigenvalue weighted by atomic mass is 32.2. The molecule has 1 aromatic carbocycles. The number of sulfone groups is 1. The molecule has 0 aliphatic carbocycles. The molecule has 0 aliphatic heterocycles. The van der Waals surface area contributed by atoms with Crippen LogP contribution in [0.3, 0.4) is 0 Å². The molecule has 0 amide bonds. The SMILES string of the molecule is [2H]C([2H])([2H])S(=O)(=O)C([2H])([2H])[C@@]([2H])(N)c1ccc(OC)c(OCC)c1. The molecule has 5 nitrogen and oxygen atoms in total. The van der Waals surface area contributed by atoms with Crippen molar-refractivity contribution in [2.75, 3.05) is 25.6 Å². The third kappa shape index (κ3) is 4.19. The molecule has 18 heavy (non-hydrogen) atoms. The lowest BCUT2D eigenvalue weighted by molar-refractivity contribution is 0.310. The van der Waals surface area contributed by atoms with Crippen molar-refractivity contribution in [3.05, 3.63) is 23.8 Å². The van der Waals surface area contributed by atoms with Crippen molar-refractivity contribution in [2.24, 2.45) is 5.73 Å². The number of nitrogens with two attached hydrogens (primary N) is 1. The second-order valence-electron chi connectivity index (χ2n) is 3.32. The molecule has 0 heterocycles. The van der Waals surface area contributed by atoms with Gasteiger partial charge in [0.15, 0.2) is 11.5 Å². The minimum atomic E-state index is -5.37. The second kappa shape index (κ2) is 6.06. The molecule has 1 atom stereocenters. The van der Waals surface area contributed by atoms with Gasteiger partial charge in [-0.3, -0.25) is 0 Å². The Hall–Kier alpha value is -1.27. The molecule has 2 N–H and O–H groups in total. The lowest BCUT2D eigenvalue weighted by Crippen LogP contribution is -2.20. The number of benzene rings is 1. The first-order valence-corrected chi connectivity index (χ1v) is 6.56. The first kappa shape index (κ1) is 8.01. The largest absolute Gasteiger partial charge is 0.493 e. The van der Waals surface area contributed by atoms with Crippen LogP contribution in [-0.4, -0.2) is 34.0 Å². The van der Waals surface area contributed by atoms with Crippen molar-refractivity contribution in [2.45, 2.75) is 12.9 Å². The lowest BCUT2D eigenvalue weighted by atomic mass is 10.1. The molecule has 0 radical (unpaired) electrons. The molecule has 1 rings (SSSR count). The van der Waals surface area contributed by atoms with Crippen molar-refractivity contribution < 1.29 is 26.1 Å². The fourth-order valence-corrected chi connectivity index (χ4v) is 1.72. The molecular formula is C12H19NO4S. The van der Waals surface area contributed by atoms with Crippen molar-refractivity contribution in [1.82, 2.24) is 0 Å². The summed E-state index contributed by atoms with van der Waals surface area (Å²) in [5, 5.41) is 0. The summed E-state index contributed by atoms with van der Waals surface area (Å²) in [5.41, 5.74) is 1.77. The third-order valence-corrected chi connectivity index (χ3v) is 2.51. The minimum absolute atomic E-state index is 0.127. The fourth-order valence-electron chi connectivity index (χ4n) is 1.32. The molecule has 0 spiro atoms. The Morgan fingerprint density at radius 2 is 2.28 bits per heavy atom. The zero-order chi connectivity index (χ0) is 19.0. The van der Waals surface area contributed by atoms with Crippen LogP contribution >= 0.6 is 0 Å². The Labute approximate surface area is 116 Å². The Balaban J connectivity index is 3.51. The number of ether oxygens (including phenoxy) is 2. The van der Waals surface area contributed by atoms with Crippen LogP contribution in [0.1, 0.15) is 26.7 Å². The third-order valence-electron chi connectivity index (χ3n) is 2.02. The van der Waals surface area contributed by atoms with Crippen molar-refractivity contribution in [3.63, 3.8) is 0 Å². The highest BCUT2D eigenvalue weighted by Gasteiger charge is 2.15. The van der Waals surface area contributed by atoms with E-state index in [0.29, 0.717) is 0 Å². The Bertz CT molecular complexity index is 702. The van der Waals surface area contributed by atoms with Gasteiger partial charge in [0, 0.05) is 19.1 Å². The first-order chi connectivity index (χ1) is 10.7. The van der Waals surface area contributed by atoms with Crippen LogP contribution in [0.15, 0.2) is 18.2 Å². The van der Waals surface area contributed by atoms with Crippen LogP contribution in [0.2, 0.25) is 0 Å². The number of rotatable bonds is 6. The number of hydrogen-bond donors (Lipinski definition) is 1. The van der Waals surface area contributed by atoms with Gasteiger partial charge < -0.3 is 15.2 Å². The highest BCUT2D eigenvalue weighted by molar-refractivity contribution is 7.90. The van der Waals surface area contributed by atoms with Gasteiger partial charge in [0.1, 0.15) is 9.84 Å². The Morgan fingerprint density at radius 3 is 2.83 bits per heavy atom. The van der Waals surface area contributed by atoms with Crippen molar-refractivity contribution in [3.8, 4) is 11.5 Å². The monoisotopic (exact) mass is 279 g/mol. The summed E-state index contributed by atoms with van der Waals surface area (Å²) in [6.45, 7) is 1.91. The molecule has 0 fully saturated rings. The fraction of sp³-hybridized carbons (Fsp3) is 0.500. The average Bonchev–Trinajstić information content (AvgIpc) is 2.45. The summed E-state index contributed by atoms with van der Waals surface area (Å²) in [6, 6.07) is 0.774. The van der Waals surface area contributed by atoms with Gasteiger partial charge in [-0.1, -0.05) is 6.07 Å². The van der Waals surface area contributed by atoms with Crippen molar-refractivity contribution in [1.29, 1.82) is 0 Å². The van der Waals surface area contributed by atoms with Crippen LogP contribution in [0, 0.1) is 0 Å². The van der Waals surface area contributed by atoms with E-state index in [1.807, 2.05) is 0 Å². The predicted molar refractivity (Wildman–Crippen MR) is 70.8 cm³/mol. The van der Waals surface area contributed by atoms with Crippen LogP contribution in [0.4, 0.5) is 0 Å². The first-order valence-electron chi connectivity index (χ1n) is 8.08. The van der Waals surface area contributed by atoms with Gasteiger partial charge in [-0.15, -0.1) is 0 Å². The molecular weight excluding hydrogens is 254 g/mol. The summed E-state index contributed by atoms with van der Waals surface area (Å²) < 4.78 is 79.0. The van der Waals surface area contributed by atoms with Crippen LogP contribution in [0.25, 0.3) is 0 Å². The zero-order valence-electron chi connectivity index (χ0n) is 16.1. The maximum Gasteiger partial charge on any atom is 0.161 e. The summed E-state index contributed by atoms with van der Waals surface area (Å²) >= 11 is 0. The maximum absolute atomic E-state index is 12.0. The molecule has 0 saturated carbocycles. The van der Waals surface area contributed by atoms with E-state index in [2.05, 4.69) is 0 Å². The molecule has 102 valence electrons. The summed E-state index contributed by atoms with van der Waals surface area (Å²) in [7, 11) is -4.01. The standard InChI is InChI=1S/C12H19NO4S/c1-4-17-12-7-9(5-6-11(12)16-2)10(13)8-18(3,14)15/h5-7,10H,4,8,13H2,1-3H3/t10-/m1/s1/i3D3,8D2,10D. The summed E-state index contributed by atoms with van der Waals surface area (Å²) in [6.07, 6.45) is -3.66. The van der Waals surface area contributed by atoms with Gasteiger partial charge in [0.2, 0.25) is 0 Å². The Morgan fingerprint density at radius 1 is 1.56 bits per heavy atom. The molecule has 0 unspecified atom stereocenters. The highest BCUT2D eigenvalue weighted by Crippen LogP contribution is 2.30. The predicted octanol–water partition coefficient (Wildman–Crippen LogP) is 1.14. The molecule has 0 saturated heterocycles. The van der Waals surface area contributed by atoms with Gasteiger partial charge in [-0.2, -0.15) is 0 Å². The smallest absolute Gasteiger partial charge is 0.161 e. The normalized spacial score (nSPS) is 21.3. The topological polar surface area (TPSA) is 78.6 Å². The number of hydrogen-bond acceptors (Lipinski definition) is 5. The van der Waals surface area contributed by atoms with Gasteiger partial charge >= 0.3 is 0 Å². The van der Waals surface area contributed by atoms with Gasteiger partial charge in [-0.25, -0.2) is 8.42 Å². The van der Waals surface area contributed by atoms with E-state index in [1.54, 1.807) is 6.92 Å². The van der Waals surface area contributed by atoms with E-state index in [1.165, 1.54) is 19.2 Å². The molecule has 0 aromatic heterocycles. The molecule has 0 bridgehead atoms. The van der Waals surface area contributed by atoms with Crippen LogP contribution in [-0.2, 0) is 9.84 Å². The molecule has 0 aliphatic rings. The van der Waals surface area contributed by atoms with Crippen molar-refractivity contribution >= 4 is 9.84 Å². The van der Waals surface area contributed by atoms with Gasteiger partial charge in [0.05, 0.1) is 20.8 Å². The lowest BCUT2D eigenvalue weighted by Gasteiger charge is -2.15. The van der Waals surface area contributed by atoms with Crippen LogP contribution in [0.5, 0.6) is 11.5 Å². The van der Waals surface area contributed by atoms with Gasteiger partial charge in [-0.05, 0) is 24.6 Å². The van der Waals surface area contributed by atoms with E-state index in [4.69, 9.17) is 23.4 Å². The van der Waals surface area contributed by atoms with E-state index < -0.39 is 27.7 Å². The Kier molecular flexibility index (Phi) is 2.70. The zero-order valence-corrected chi connectivity index (χ0v) is 10.9. The minimum Gasteiger partial charge on any atom is -0.493 e. The second-order valence-corrected chi connectivity index (χ2v) is 4.53. The molecule has 1 aromatic rings. The molecule has 6 heteroatoms. The van der Waals surface area contributed by atoms with E-state index in [9.17, 15) is 8.42 Å². The maximum atomic E-state index is 12.0. The van der Waals surface area contributed by atoms with E-state index >= 15 is 0 Å². The quantitative estimate of drug-likeness (QED) is 0.844. The summed E-state index contributed by atoms with van der Waals surface area (Å²) in [4.78, 5) is 0. The average molecular weight is 279 g/mol. The number of methoxy groups -OCH3 is 1. The van der Waals surface area contributed by atoms with Crippen LogP contribution < -0.4 is 15.2 Å². The summed E-state index contributed by atoms with van der Waals surface area (Å²) in [5.74, 6) is 0.400.